The van der Waals surface area contributed by atoms with Crippen LogP contribution in [0.25, 0.3) is 0 Å². The van der Waals surface area contributed by atoms with Gasteiger partial charge >= 0.3 is 0 Å². The molecule has 0 aliphatic carbocycles. The van der Waals surface area contributed by atoms with Crippen molar-refractivity contribution in [1.29, 1.82) is 0 Å². The highest BCUT2D eigenvalue weighted by molar-refractivity contribution is 5.79. The summed E-state index contributed by atoms with van der Waals surface area (Å²) in [6.07, 6.45) is 1.68. The Labute approximate surface area is 77.4 Å². The predicted molar refractivity (Wildman–Crippen MR) is 52.2 cm³/mol. The Hall–Kier alpha value is -1.35. The molecule has 1 rings (SSSR count). The molecule has 0 aliphatic heterocycles. The molecule has 1 unspecified atom stereocenters. The molecule has 1 atom stereocenters. The van der Waals surface area contributed by atoms with Gasteiger partial charge in [0.25, 0.3) is 0 Å². The number of aliphatic imine (C=N–C) groups is 1. The summed E-state index contributed by atoms with van der Waals surface area (Å²) in [7, 11) is 0. The van der Waals surface area contributed by atoms with E-state index in [2.05, 4.69) is 4.99 Å². The van der Waals surface area contributed by atoms with Crippen LogP contribution < -0.4 is 0 Å². The number of hydrogen-bond acceptors (Lipinski definition) is 3. The van der Waals surface area contributed by atoms with E-state index in [-0.39, 0.29) is 18.4 Å². The molecule has 2 N–H and O–H groups in total. The van der Waals surface area contributed by atoms with E-state index in [1.165, 1.54) is 0 Å². The van der Waals surface area contributed by atoms with Gasteiger partial charge in [-0.3, -0.25) is 4.99 Å². The minimum absolute atomic E-state index is 0.0502. The molecule has 0 aliphatic rings. The first-order valence-corrected chi connectivity index (χ1v) is 4.15. The van der Waals surface area contributed by atoms with Gasteiger partial charge in [-0.25, -0.2) is 0 Å². The van der Waals surface area contributed by atoms with E-state index in [4.69, 9.17) is 10.2 Å². The van der Waals surface area contributed by atoms with Crippen LogP contribution in [-0.2, 0) is 0 Å². The van der Waals surface area contributed by atoms with E-state index in [1.54, 1.807) is 30.5 Å². The molecule has 0 saturated carbocycles. The van der Waals surface area contributed by atoms with Crippen LogP contribution in [0.5, 0.6) is 5.75 Å². The highest BCUT2D eigenvalue weighted by Crippen LogP contribution is 2.07. The summed E-state index contributed by atoms with van der Waals surface area (Å²) in [6, 6.07) is 6.66. The molecule has 0 amide bonds. The van der Waals surface area contributed by atoms with Crippen molar-refractivity contribution in [3.05, 3.63) is 29.8 Å². The zero-order valence-corrected chi connectivity index (χ0v) is 7.51. The van der Waals surface area contributed by atoms with Crippen molar-refractivity contribution in [2.24, 2.45) is 4.99 Å². The molecule has 0 saturated heterocycles. The fraction of sp³-hybridized carbons (Fsp3) is 0.300. The molecule has 3 heteroatoms. The molecule has 0 radical (unpaired) electrons. The van der Waals surface area contributed by atoms with Gasteiger partial charge in [0.2, 0.25) is 0 Å². The van der Waals surface area contributed by atoms with Gasteiger partial charge < -0.3 is 10.2 Å². The van der Waals surface area contributed by atoms with Crippen LogP contribution in [-0.4, -0.2) is 29.1 Å². The number of aliphatic hydroxyl groups excluding tert-OH is 1. The van der Waals surface area contributed by atoms with E-state index >= 15 is 0 Å². The van der Waals surface area contributed by atoms with E-state index < -0.39 is 0 Å². The van der Waals surface area contributed by atoms with Crippen molar-refractivity contribution < 1.29 is 10.2 Å². The maximum Gasteiger partial charge on any atom is 0.115 e. The van der Waals surface area contributed by atoms with Gasteiger partial charge in [-0.05, 0) is 36.8 Å². The van der Waals surface area contributed by atoms with Gasteiger partial charge in [-0.15, -0.1) is 0 Å². The normalized spacial score (nSPS) is 13.4. The zero-order valence-electron chi connectivity index (χ0n) is 7.51. The Kier molecular flexibility index (Phi) is 3.46. The molecule has 0 bridgehead atoms. The van der Waals surface area contributed by atoms with Gasteiger partial charge in [0.1, 0.15) is 5.75 Å². The van der Waals surface area contributed by atoms with Crippen molar-refractivity contribution in [2.75, 3.05) is 6.61 Å². The standard InChI is InChI=1S/C10H13NO2/c1-8(7-12)11-6-9-2-4-10(13)5-3-9/h2-6,8,12-13H,7H2,1H3/b11-6-. The fourth-order valence-corrected chi connectivity index (χ4v) is 0.821. The Balaban J connectivity index is 2.64. The number of phenols is 1. The van der Waals surface area contributed by atoms with Crippen molar-refractivity contribution >= 4 is 6.21 Å². The molecular formula is C10H13NO2. The van der Waals surface area contributed by atoms with E-state index in [9.17, 15) is 0 Å². The summed E-state index contributed by atoms with van der Waals surface area (Å²) in [5.41, 5.74) is 0.915. The third-order valence-electron chi connectivity index (χ3n) is 1.64. The highest BCUT2D eigenvalue weighted by Gasteiger charge is 1.93. The summed E-state index contributed by atoms with van der Waals surface area (Å²) in [5.74, 6) is 0.243. The fourth-order valence-electron chi connectivity index (χ4n) is 0.821. The Bertz CT molecular complexity index is 279. The second-order valence-corrected chi connectivity index (χ2v) is 2.90. The van der Waals surface area contributed by atoms with Crippen molar-refractivity contribution in [1.82, 2.24) is 0 Å². The van der Waals surface area contributed by atoms with Gasteiger partial charge in [0, 0.05) is 6.21 Å². The molecule has 0 heterocycles. The molecule has 13 heavy (non-hydrogen) atoms. The van der Waals surface area contributed by atoms with E-state index in [0.717, 1.165) is 5.56 Å². The number of nitrogens with zero attached hydrogens (tertiary/aromatic N) is 1. The minimum atomic E-state index is -0.0752. The van der Waals surface area contributed by atoms with E-state index in [0.29, 0.717) is 0 Å². The molecule has 0 fully saturated rings. The van der Waals surface area contributed by atoms with Crippen LogP contribution in [0, 0.1) is 0 Å². The van der Waals surface area contributed by atoms with Crippen LogP contribution >= 0.6 is 0 Å². The summed E-state index contributed by atoms with van der Waals surface area (Å²) < 4.78 is 0. The first kappa shape index (κ1) is 9.74. The average Bonchev–Trinajstić information content (AvgIpc) is 2.16. The van der Waals surface area contributed by atoms with E-state index in [1.807, 2.05) is 6.92 Å². The molecule has 0 spiro atoms. The summed E-state index contributed by atoms with van der Waals surface area (Å²) >= 11 is 0. The summed E-state index contributed by atoms with van der Waals surface area (Å²) in [5, 5.41) is 17.7. The lowest BCUT2D eigenvalue weighted by molar-refractivity contribution is 0.275. The molecule has 3 nitrogen and oxygen atoms in total. The van der Waals surface area contributed by atoms with Crippen molar-refractivity contribution in [3.63, 3.8) is 0 Å². The minimum Gasteiger partial charge on any atom is -0.508 e. The largest absolute Gasteiger partial charge is 0.508 e. The maximum absolute atomic E-state index is 9.00. The number of aliphatic hydroxyl groups is 1. The SMILES string of the molecule is CC(CO)/N=C\c1ccc(O)cc1. The van der Waals surface area contributed by atoms with Gasteiger partial charge in [0.05, 0.1) is 12.6 Å². The monoisotopic (exact) mass is 179 g/mol. The van der Waals surface area contributed by atoms with Gasteiger partial charge in [-0.2, -0.15) is 0 Å². The quantitative estimate of drug-likeness (QED) is 0.685. The summed E-state index contributed by atoms with van der Waals surface area (Å²) in [6.45, 7) is 1.88. The van der Waals surface area contributed by atoms with Gasteiger partial charge in [0.15, 0.2) is 0 Å². The van der Waals surface area contributed by atoms with Crippen LogP contribution in [0.4, 0.5) is 0 Å². The highest BCUT2D eigenvalue weighted by atomic mass is 16.3. The number of rotatable bonds is 3. The average molecular weight is 179 g/mol. The third-order valence-corrected chi connectivity index (χ3v) is 1.64. The lowest BCUT2D eigenvalue weighted by Crippen LogP contribution is -2.03. The van der Waals surface area contributed by atoms with Crippen LogP contribution in [0.2, 0.25) is 0 Å². The second-order valence-electron chi connectivity index (χ2n) is 2.90. The third kappa shape index (κ3) is 3.25. The van der Waals surface area contributed by atoms with Gasteiger partial charge in [-0.1, -0.05) is 0 Å². The number of hydrogen-bond donors (Lipinski definition) is 2. The topological polar surface area (TPSA) is 52.8 Å². The number of benzene rings is 1. The predicted octanol–water partition coefficient (Wildman–Crippen LogP) is 1.19. The maximum atomic E-state index is 9.00. The van der Waals surface area contributed by atoms with Crippen molar-refractivity contribution in [2.45, 2.75) is 13.0 Å². The Morgan fingerprint density at radius 2 is 2.00 bits per heavy atom. The molecule has 0 aromatic heterocycles. The number of phenolic OH excluding ortho intramolecular Hbond substituents is 1. The lowest BCUT2D eigenvalue weighted by atomic mass is 10.2. The summed E-state index contributed by atoms with van der Waals surface area (Å²) in [4.78, 5) is 4.09. The Morgan fingerprint density at radius 3 is 2.54 bits per heavy atom. The van der Waals surface area contributed by atoms with Crippen molar-refractivity contribution in [3.8, 4) is 5.75 Å². The second kappa shape index (κ2) is 4.62. The van der Waals surface area contributed by atoms with Crippen LogP contribution in [0.3, 0.4) is 0 Å². The zero-order chi connectivity index (χ0) is 9.68. The first-order chi connectivity index (χ1) is 6.22. The number of aromatic hydroxyl groups is 1. The molecular weight excluding hydrogens is 166 g/mol. The molecule has 1 aromatic rings. The smallest absolute Gasteiger partial charge is 0.115 e. The first-order valence-electron chi connectivity index (χ1n) is 4.15. The lowest BCUT2D eigenvalue weighted by Gasteiger charge is -1.99. The molecule has 70 valence electrons. The van der Waals surface area contributed by atoms with Crippen LogP contribution in [0.15, 0.2) is 29.3 Å². The van der Waals surface area contributed by atoms with Crippen LogP contribution in [0.1, 0.15) is 12.5 Å². The molecule has 1 aromatic carbocycles. The Morgan fingerprint density at radius 1 is 1.38 bits per heavy atom.